The van der Waals surface area contributed by atoms with Crippen molar-refractivity contribution in [1.29, 1.82) is 0 Å². The predicted octanol–water partition coefficient (Wildman–Crippen LogP) is 3.86. The van der Waals surface area contributed by atoms with Gasteiger partial charge >= 0.3 is 6.18 Å². The van der Waals surface area contributed by atoms with Crippen molar-refractivity contribution in [3.63, 3.8) is 0 Å². The third kappa shape index (κ3) is 4.31. The Balaban J connectivity index is 1.62. The molecule has 1 aromatic carbocycles. The van der Waals surface area contributed by atoms with Crippen LogP contribution in [0.2, 0.25) is 0 Å². The molecule has 1 saturated heterocycles. The van der Waals surface area contributed by atoms with Gasteiger partial charge in [0.15, 0.2) is 5.65 Å². The van der Waals surface area contributed by atoms with E-state index in [4.69, 9.17) is 5.73 Å². The van der Waals surface area contributed by atoms with Gasteiger partial charge in [0.05, 0.1) is 34.9 Å². The number of para-hydroxylation sites is 1. The van der Waals surface area contributed by atoms with Crippen molar-refractivity contribution in [2.75, 3.05) is 24.1 Å². The number of nitrogen functional groups attached to an aromatic ring is 1. The summed E-state index contributed by atoms with van der Waals surface area (Å²) in [6.45, 7) is 0.391. The second-order valence-electron chi connectivity index (χ2n) is 7.44. The Bertz CT molecular complexity index is 1110. The maximum Gasteiger partial charge on any atom is 0.417 e. The second kappa shape index (κ2) is 8.14. The number of nitrogens with one attached hydrogen (secondary N) is 2. The van der Waals surface area contributed by atoms with Gasteiger partial charge in [-0.1, -0.05) is 18.6 Å². The highest BCUT2D eigenvalue weighted by molar-refractivity contribution is 5.92. The Labute approximate surface area is 174 Å². The van der Waals surface area contributed by atoms with Gasteiger partial charge in [-0.15, -0.1) is 0 Å². The van der Waals surface area contributed by atoms with Crippen LogP contribution in [0.5, 0.6) is 0 Å². The number of nitrogens with zero attached hydrogens (tertiary/aromatic N) is 3. The predicted molar refractivity (Wildman–Crippen MR) is 106 cm³/mol. The topological polar surface area (TPSA) is 99.9 Å². The molecule has 7 nitrogen and oxygen atoms in total. The lowest BCUT2D eigenvalue weighted by Crippen LogP contribution is -2.39. The lowest BCUT2D eigenvalue weighted by atomic mass is 9.97. The summed E-state index contributed by atoms with van der Waals surface area (Å²) in [5, 5.41) is 8.39. The van der Waals surface area contributed by atoms with E-state index in [-0.39, 0.29) is 34.8 Å². The number of carbonyl (C=O) groups excluding carboxylic acids is 1. The normalized spacial score (nSPS) is 17.7. The Morgan fingerprint density at radius 3 is 2.81 bits per heavy atom. The number of aromatic nitrogens is 3. The molecule has 2 aromatic heterocycles. The number of alkyl halides is 3. The highest BCUT2D eigenvalue weighted by Crippen LogP contribution is 2.39. The number of nitrogens with two attached hydrogens (primary N) is 1. The molecule has 3 aromatic rings. The van der Waals surface area contributed by atoms with Crippen molar-refractivity contribution >= 4 is 28.4 Å². The maximum absolute atomic E-state index is 13.8. The number of benzene rings is 1. The molecular formula is C20H20F4N6O. The number of halogens is 4. The van der Waals surface area contributed by atoms with Crippen molar-refractivity contribution in [2.45, 2.75) is 31.5 Å². The number of carbonyl (C=O) groups is 1. The molecule has 1 aliphatic rings. The Morgan fingerprint density at radius 1 is 1.29 bits per heavy atom. The van der Waals surface area contributed by atoms with Crippen LogP contribution >= 0.6 is 0 Å². The number of fused-ring (bicyclic) bond motifs is 1. The number of aromatic amines is 1. The van der Waals surface area contributed by atoms with E-state index in [1.807, 2.05) is 0 Å². The largest absolute Gasteiger partial charge is 0.417 e. The number of hydrogen-bond donors (Lipinski definition) is 3. The fraction of sp³-hybridized carbons (Fsp3) is 0.350. The molecule has 31 heavy (non-hydrogen) atoms. The number of piperidine rings is 1. The summed E-state index contributed by atoms with van der Waals surface area (Å²) in [7, 11) is 0. The number of amides is 1. The summed E-state index contributed by atoms with van der Waals surface area (Å²) in [5.74, 6) is -1.23. The first kappa shape index (κ1) is 21.0. The molecule has 0 bridgehead atoms. The first-order valence-corrected chi connectivity index (χ1v) is 9.74. The van der Waals surface area contributed by atoms with Crippen LogP contribution in [-0.2, 0) is 11.0 Å². The number of anilines is 2. The Morgan fingerprint density at radius 2 is 2.06 bits per heavy atom. The first-order chi connectivity index (χ1) is 14.7. The zero-order valence-electron chi connectivity index (χ0n) is 16.3. The summed E-state index contributed by atoms with van der Waals surface area (Å²) in [5.41, 5.74) is 4.81. The minimum absolute atomic E-state index is 0.0481. The van der Waals surface area contributed by atoms with Crippen molar-refractivity contribution in [3.8, 4) is 0 Å². The van der Waals surface area contributed by atoms with E-state index in [0.29, 0.717) is 13.0 Å². The number of likely N-dealkylation sites (tertiary alicyclic amines) is 1. The minimum Gasteiger partial charge on any atom is -0.383 e. The highest BCUT2D eigenvalue weighted by atomic mass is 19.4. The first-order valence-electron chi connectivity index (χ1n) is 9.74. The van der Waals surface area contributed by atoms with Gasteiger partial charge < -0.3 is 11.1 Å². The van der Waals surface area contributed by atoms with Gasteiger partial charge in [0, 0.05) is 0 Å². The van der Waals surface area contributed by atoms with E-state index in [0.717, 1.165) is 18.9 Å². The zero-order chi connectivity index (χ0) is 22.2. The van der Waals surface area contributed by atoms with E-state index >= 15 is 0 Å². The van der Waals surface area contributed by atoms with Crippen molar-refractivity contribution in [2.24, 2.45) is 0 Å². The van der Waals surface area contributed by atoms with E-state index in [2.05, 4.69) is 20.5 Å². The lowest BCUT2D eigenvalue weighted by Gasteiger charge is -2.35. The number of rotatable bonds is 4. The van der Waals surface area contributed by atoms with Gasteiger partial charge in [0.1, 0.15) is 11.6 Å². The molecular weight excluding hydrogens is 416 g/mol. The average Bonchev–Trinajstić information content (AvgIpc) is 3.09. The van der Waals surface area contributed by atoms with Crippen LogP contribution in [0.25, 0.3) is 11.0 Å². The third-order valence-corrected chi connectivity index (χ3v) is 5.33. The standard InChI is InChI=1S/C20H20F4N6O/c21-12-5-1-2-6-13(12)26-16(31)10-30-8-4-3-7-15(30)14-9-11(20(22,23)24)17-18(25)28-29-19(17)27-14/h1-2,5-6,9,15H,3-4,7-8,10H2,(H,26,31)(H3,25,27,28,29)/t15-/m0/s1. The molecule has 3 heterocycles. The fourth-order valence-corrected chi connectivity index (χ4v) is 3.91. The molecule has 0 unspecified atom stereocenters. The second-order valence-corrected chi connectivity index (χ2v) is 7.44. The SMILES string of the molecule is Nc1[nH]nc2nc([C@@H]3CCCCN3CC(=O)Nc3ccccc3F)cc(C(F)(F)F)c12. The van der Waals surface area contributed by atoms with Gasteiger partial charge in [0.2, 0.25) is 5.91 Å². The lowest BCUT2D eigenvalue weighted by molar-refractivity contribution is -0.136. The quantitative estimate of drug-likeness (QED) is 0.540. The molecule has 1 fully saturated rings. The van der Waals surface area contributed by atoms with Crippen LogP contribution in [0.15, 0.2) is 30.3 Å². The molecule has 1 atom stereocenters. The van der Waals surface area contributed by atoms with Crippen LogP contribution in [0.3, 0.4) is 0 Å². The van der Waals surface area contributed by atoms with Gasteiger partial charge in [-0.05, 0) is 37.6 Å². The molecule has 0 spiro atoms. The number of hydrogen-bond acceptors (Lipinski definition) is 5. The summed E-state index contributed by atoms with van der Waals surface area (Å²) in [4.78, 5) is 18.5. The van der Waals surface area contributed by atoms with Crippen LogP contribution in [0, 0.1) is 5.82 Å². The molecule has 1 amide bonds. The summed E-state index contributed by atoms with van der Waals surface area (Å²) in [6, 6.07) is 6.24. The Hall–Kier alpha value is -3.21. The highest BCUT2D eigenvalue weighted by Gasteiger charge is 2.37. The number of pyridine rings is 1. The van der Waals surface area contributed by atoms with Crippen molar-refractivity contribution < 1.29 is 22.4 Å². The van der Waals surface area contributed by atoms with Crippen LogP contribution in [0.4, 0.5) is 29.1 Å². The molecule has 4 N–H and O–H groups in total. The van der Waals surface area contributed by atoms with E-state index in [9.17, 15) is 22.4 Å². The molecule has 0 radical (unpaired) electrons. The Kier molecular flexibility index (Phi) is 5.52. The van der Waals surface area contributed by atoms with Crippen molar-refractivity contribution in [3.05, 3.63) is 47.4 Å². The van der Waals surface area contributed by atoms with E-state index < -0.39 is 29.5 Å². The summed E-state index contributed by atoms with van der Waals surface area (Å²) in [6.07, 6.45) is -2.55. The summed E-state index contributed by atoms with van der Waals surface area (Å²) < 4.78 is 54.8. The molecule has 0 aliphatic carbocycles. The molecule has 1 aliphatic heterocycles. The van der Waals surface area contributed by atoms with Crippen LogP contribution in [-0.4, -0.2) is 39.1 Å². The molecule has 4 rings (SSSR count). The van der Waals surface area contributed by atoms with Gasteiger partial charge in [-0.3, -0.25) is 14.8 Å². The van der Waals surface area contributed by atoms with E-state index in [1.54, 1.807) is 11.0 Å². The van der Waals surface area contributed by atoms with E-state index in [1.165, 1.54) is 18.2 Å². The van der Waals surface area contributed by atoms with Gasteiger partial charge in [-0.25, -0.2) is 9.37 Å². The third-order valence-electron chi connectivity index (χ3n) is 5.33. The molecule has 164 valence electrons. The van der Waals surface area contributed by atoms with Crippen LogP contribution in [0.1, 0.15) is 36.6 Å². The minimum atomic E-state index is -4.64. The zero-order valence-corrected chi connectivity index (χ0v) is 16.3. The maximum atomic E-state index is 13.8. The molecule has 0 saturated carbocycles. The van der Waals surface area contributed by atoms with Crippen molar-refractivity contribution in [1.82, 2.24) is 20.1 Å². The fourth-order valence-electron chi connectivity index (χ4n) is 3.91. The molecule has 11 heteroatoms. The number of H-pyrrole nitrogens is 1. The van der Waals surface area contributed by atoms with Gasteiger partial charge in [-0.2, -0.15) is 18.3 Å². The average molecular weight is 436 g/mol. The van der Waals surface area contributed by atoms with Crippen LogP contribution < -0.4 is 11.1 Å². The summed E-state index contributed by atoms with van der Waals surface area (Å²) >= 11 is 0. The van der Waals surface area contributed by atoms with Gasteiger partial charge in [0.25, 0.3) is 0 Å². The smallest absolute Gasteiger partial charge is 0.383 e. The monoisotopic (exact) mass is 436 g/mol.